The molecule has 0 aliphatic heterocycles. The number of benzene rings is 8. The van der Waals surface area contributed by atoms with Crippen molar-refractivity contribution in [1.29, 1.82) is 0 Å². The third kappa shape index (κ3) is 5.55. The fourth-order valence-corrected chi connectivity index (χ4v) is 9.41. The predicted octanol–water partition coefficient (Wildman–Crippen LogP) is 13.3. The number of hydrogen-bond donors (Lipinski definition) is 0. The maximum absolute atomic E-state index is 5.22. The van der Waals surface area contributed by atoms with Gasteiger partial charge in [0.2, 0.25) is 0 Å². The minimum atomic E-state index is 0.614. The Hall–Kier alpha value is -7.74. The average Bonchev–Trinajstić information content (AvgIpc) is 3.99. The van der Waals surface area contributed by atoms with Crippen LogP contribution in [0.4, 0.5) is 0 Å². The van der Waals surface area contributed by atoms with E-state index in [0.717, 1.165) is 54.4 Å². The summed E-state index contributed by atoms with van der Waals surface area (Å²) in [6.45, 7) is 0. The molecule has 59 heavy (non-hydrogen) atoms. The Bertz CT molecular complexity index is 3490. The lowest BCUT2D eigenvalue weighted by Crippen LogP contribution is -2.00. The second-order valence-electron chi connectivity index (χ2n) is 14.7. The molecule has 0 atom stereocenters. The smallest absolute Gasteiger partial charge is 0.164 e. The molecule has 4 heterocycles. The fraction of sp³-hybridized carbons (Fsp3) is 0. The van der Waals surface area contributed by atoms with Gasteiger partial charge in [-0.1, -0.05) is 127 Å². The third-order valence-corrected chi connectivity index (χ3v) is 12.3. The van der Waals surface area contributed by atoms with Crippen LogP contribution in [0.1, 0.15) is 0 Å². The van der Waals surface area contributed by atoms with E-state index in [9.17, 15) is 0 Å². The summed E-state index contributed by atoms with van der Waals surface area (Å²) in [4.78, 5) is 20.0. The number of aromatic nitrogens is 6. The van der Waals surface area contributed by atoms with Crippen LogP contribution in [0, 0.1) is 0 Å². The largest absolute Gasteiger partial charge is 0.309 e. The number of rotatable bonds is 6. The van der Waals surface area contributed by atoms with Gasteiger partial charge < -0.3 is 9.13 Å². The van der Waals surface area contributed by atoms with E-state index in [-0.39, 0.29) is 0 Å². The second kappa shape index (κ2) is 13.4. The Morgan fingerprint density at radius 3 is 1.46 bits per heavy atom. The minimum Gasteiger partial charge on any atom is -0.309 e. The van der Waals surface area contributed by atoms with Gasteiger partial charge in [-0.2, -0.15) is 0 Å². The highest BCUT2D eigenvalue weighted by Gasteiger charge is 2.19. The highest BCUT2D eigenvalue weighted by molar-refractivity contribution is 7.21. The number of para-hydroxylation sites is 3. The molecule has 12 rings (SSSR count). The Morgan fingerprint density at radius 2 is 0.831 bits per heavy atom. The lowest BCUT2D eigenvalue weighted by molar-refractivity contribution is 1.07. The summed E-state index contributed by atoms with van der Waals surface area (Å²) in [5.41, 5.74) is 11.7. The minimum absolute atomic E-state index is 0.614. The molecule has 6 nitrogen and oxygen atoms in total. The van der Waals surface area contributed by atoms with Crippen molar-refractivity contribution in [2.24, 2.45) is 0 Å². The molecule has 0 amide bonds. The zero-order chi connectivity index (χ0) is 38.9. The van der Waals surface area contributed by atoms with Crippen molar-refractivity contribution in [3.05, 3.63) is 194 Å². The van der Waals surface area contributed by atoms with Gasteiger partial charge in [0.1, 0.15) is 5.01 Å². The van der Waals surface area contributed by atoms with Crippen LogP contribution < -0.4 is 0 Å². The van der Waals surface area contributed by atoms with Crippen molar-refractivity contribution in [2.45, 2.75) is 0 Å². The number of fused-ring (bicyclic) bond motifs is 7. The van der Waals surface area contributed by atoms with Gasteiger partial charge in [0.25, 0.3) is 0 Å². The topological polar surface area (TPSA) is 61.4 Å². The molecule has 7 heteroatoms. The Kier molecular flexibility index (Phi) is 7.61. The lowest BCUT2D eigenvalue weighted by atomic mass is 10.1. The van der Waals surface area contributed by atoms with Gasteiger partial charge in [-0.3, -0.25) is 0 Å². The molecule has 276 valence electrons. The highest BCUT2D eigenvalue weighted by Crippen LogP contribution is 2.41. The van der Waals surface area contributed by atoms with E-state index in [1.165, 1.54) is 38.1 Å². The molecule has 0 aliphatic rings. The van der Waals surface area contributed by atoms with Gasteiger partial charge in [-0.05, 0) is 66.7 Å². The molecule has 0 aliphatic carbocycles. The van der Waals surface area contributed by atoms with E-state index >= 15 is 0 Å². The Morgan fingerprint density at radius 1 is 0.322 bits per heavy atom. The van der Waals surface area contributed by atoms with Crippen LogP contribution in [0.15, 0.2) is 194 Å². The van der Waals surface area contributed by atoms with Crippen LogP contribution in [0.25, 0.3) is 110 Å². The molecule has 4 aromatic heterocycles. The molecule has 0 saturated heterocycles. The molecule has 0 spiro atoms. The van der Waals surface area contributed by atoms with Gasteiger partial charge in [0.15, 0.2) is 17.5 Å². The van der Waals surface area contributed by atoms with Gasteiger partial charge in [0, 0.05) is 55.2 Å². The number of thiazole rings is 1. The summed E-state index contributed by atoms with van der Waals surface area (Å²) in [6, 6.07) is 68.1. The van der Waals surface area contributed by atoms with Crippen molar-refractivity contribution in [1.82, 2.24) is 29.1 Å². The van der Waals surface area contributed by atoms with E-state index in [0.29, 0.717) is 17.5 Å². The molecular formula is C52H32N6S. The van der Waals surface area contributed by atoms with Crippen molar-refractivity contribution >= 4 is 65.2 Å². The monoisotopic (exact) mass is 772 g/mol. The molecule has 0 saturated carbocycles. The van der Waals surface area contributed by atoms with Crippen LogP contribution in [-0.2, 0) is 0 Å². The average molecular weight is 773 g/mol. The van der Waals surface area contributed by atoms with E-state index in [1.807, 2.05) is 60.7 Å². The van der Waals surface area contributed by atoms with Gasteiger partial charge in [0.05, 0.1) is 32.3 Å². The maximum atomic E-state index is 5.22. The van der Waals surface area contributed by atoms with E-state index in [4.69, 9.17) is 19.9 Å². The molecule has 12 aromatic rings. The first-order valence-electron chi connectivity index (χ1n) is 19.6. The van der Waals surface area contributed by atoms with Gasteiger partial charge in [-0.15, -0.1) is 11.3 Å². The summed E-state index contributed by atoms with van der Waals surface area (Å²) in [6.07, 6.45) is 0. The summed E-state index contributed by atoms with van der Waals surface area (Å²) in [7, 11) is 0. The fourth-order valence-electron chi connectivity index (χ4n) is 8.47. The van der Waals surface area contributed by atoms with Crippen molar-refractivity contribution in [3.63, 3.8) is 0 Å². The van der Waals surface area contributed by atoms with Gasteiger partial charge >= 0.3 is 0 Å². The Balaban J connectivity index is 0.989. The molecule has 0 N–H and O–H groups in total. The molecule has 8 aromatic carbocycles. The normalized spacial score (nSPS) is 11.7. The zero-order valence-corrected chi connectivity index (χ0v) is 32.4. The summed E-state index contributed by atoms with van der Waals surface area (Å²) < 4.78 is 5.89. The van der Waals surface area contributed by atoms with Gasteiger partial charge in [-0.25, -0.2) is 19.9 Å². The quantitative estimate of drug-likeness (QED) is 0.169. The van der Waals surface area contributed by atoms with Crippen LogP contribution in [0.2, 0.25) is 0 Å². The van der Waals surface area contributed by atoms with E-state index in [2.05, 4.69) is 143 Å². The van der Waals surface area contributed by atoms with Crippen molar-refractivity contribution in [3.8, 4) is 56.1 Å². The molecule has 0 unspecified atom stereocenters. The van der Waals surface area contributed by atoms with E-state index in [1.54, 1.807) is 11.3 Å². The van der Waals surface area contributed by atoms with Crippen LogP contribution in [-0.4, -0.2) is 29.1 Å². The summed E-state index contributed by atoms with van der Waals surface area (Å²) in [5, 5.41) is 5.90. The highest BCUT2D eigenvalue weighted by atomic mass is 32.1. The SMILES string of the molecule is c1ccc(-c2nc(-c3ccccc3)nc(-c3ccc4sc(-c5cccc(-n6c7ccccc7c7cc8c9ccccc9n(-c9ccccc9)c8cc76)c5)nc4c3)n2)cc1. The molecule has 0 bridgehead atoms. The molecule has 0 fully saturated rings. The van der Waals surface area contributed by atoms with Crippen molar-refractivity contribution < 1.29 is 0 Å². The second-order valence-corrected chi connectivity index (χ2v) is 15.7. The third-order valence-electron chi connectivity index (χ3n) is 11.2. The zero-order valence-electron chi connectivity index (χ0n) is 31.6. The van der Waals surface area contributed by atoms with Crippen LogP contribution in [0.5, 0.6) is 0 Å². The number of nitrogens with zero attached hydrogens (tertiary/aromatic N) is 6. The van der Waals surface area contributed by atoms with Crippen molar-refractivity contribution in [2.75, 3.05) is 0 Å². The summed E-state index contributed by atoms with van der Waals surface area (Å²) >= 11 is 1.69. The maximum Gasteiger partial charge on any atom is 0.164 e. The predicted molar refractivity (Wildman–Crippen MR) is 243 cm³/mol. The first-order chi connectivity index (χ1) is 29.2. The first kappa shape index (κ1) is 33.4. The standard InChI is InChI=1S/C52H32N6S/c1-4-15-33(16-5-1)49-54-50(34-17-6-2-7-18-34)56-51(55-49)35-27-28-48-43(30-35)53-52(59-48)36-19-14-22-38(29-36)58-45-26-13-11-24-40(45)42-31-41-39-23-10-12-25-44(39)57(46(41)32-47(42)58)37-20-8-3-9-21-37/h1-32H. The summed E-state index contributed by atoms with van der Waals surface area (Å²) in [5.74, 6) is 1.89. The van der Waals surface area contributed by atoms with Crippen LogP contribution in [0.3, 0.4) is 0 Å². The molecule has 0 radical (unpaired) electrons. The lowest BCUT2D eigenvalue weighted by Gasteiger charge is -2.11. The Labute approximate surface area is 343 Å². The van der Waals surface area contributed by atoms with E-state index < -0.39 is 0 Å². The van der Waals surface area contributed by atoms with Crippen LogP contribution >= 0.6 is 11.3 Å². The molecular weight excluding hydrogens is 741 g/mol. The number of hydrogen-bond acceptors (Lipinski definition) is 5. The first-order valence-corrected chi connectivity index (χ1v) is 20.5.